The van der Waals surface area contributed by atoms with Gasteiger partial charge in [0.2, 0.25) is 0 Å². The maximum absolute atomic E-state index is 13.0. The molecular weight excluding hydrogens is 362 g/mol. The number of fused-ring (bicyclic) bond motifs is 1. The zero-order chi connectivity index (χ0) is 20.1. The van der Waals surface area contributed by atoms with Gasteiger partial charge in [0, 0.05) is 41.6 Å². The summed E-state index contributed by atoms with van der Waals surface area (Å²) in [5, 5.41) is 17.1. The Hall–Kier alpha value is -4.24. The van der Waals surface area contributed by atoms with E-state index in [9.17, 15) is 10.1 Å². The molecule has 0 aliphatic carbocycles. The minimum Gasteiger partial charge on any atom is -0.365 e. The van der Waals surface area contributed by atoms with Crippen molar-refractivity contribution in [2.75, 3.05) is 10.6 Å². The largest absolute Gasteiger partial charge is 0.365 e. The lowest BCUT2D eigenvalue weighted by molar-refractivity contribution is 0.102. The highest BCUT2D eigenvalue weighted by molar-refractivity contribution is 6.11. The number of hydrogen-bond donors (Lipinski definition) is 2. The van der Waals surface area contributed by atoms with Crippen LogP contribution < -0.4 is 10.6 Å². The van der Waals surface area contributed by atoms with Crippen molar-refractivity contribution in [1.29, 1.82) is 5.26 Å². The summed E-state index contributed by atoms with van der Waals surface area (Å²) in [4.78, 5) is 21.3. The van der Waals surface area contributed by atoms with Crippen molar-refractivity contribution < 1.29 is 4.79 Å². The summed E-state index contributed by atoms with van der Waals surface area (Å²) in [6.07, 6.45) is 5.08. The summed E-state index contributed by atoms with van der Waals surface area (Å²) in [6.45, 7) is 0.527. The number of pyridine rings is 2. The number of nitrogens with zero attached hydrogens (tertiary/aromatic N) is 3. The second-order valence-electron chi connectivity index (χ2n) is 6.38. The lowest BCUT2D eigenvalue weighted by Gasteiger charge is -2.13. The second-order valence-corrected chi connectivity index (χ2v) is 6.38. The zero-order valence-electron chi connectivity index (χ0n) is 15.5. The van der Waals surface area contributed by atoms with E-state index in [0.29, 0.717) is 29.2 Å². The van der Waals surface area contributed by atoms with E-state index in [-0.39, 0.29) is 5.91 Å². The molecule has 0 saturated carbocycles. The number of carbonyl (C=O) groups excluding carboxylic acids is 1. The van der Waals surface area contributed by atoms with Crippen molar-refractivity contribution in [1.82, 2.24) is 9.97 Å². The van der Waals surface area contributed by atoms with E-state index in [4.69, 9.17) is 0 Å². The highest BCUT2D eigenvalue weighted by atomic mass is 16.1. The normalized spacial score (nSPS) is 10.3. The Morgan fingerprint density at radius 3 is 2.52 bits per heavy atom. The smallest absolute Gasteiger partial charge is 0.259 e. The summed E-state index contributed by atoms with van der Waals surface area (Å²) in [5.41, 5.74) is 2.69. The van der Waals surface area contributed by atoms with Crippen LogP contribution in [0.5, 0.6) is 0 Å². The van der Waals surface area contributed by atoms with Gasteiger partial charge in [-0.25, -0.2) is 4.98 Å². The van der Waals surface area contributed by atoms with Crippen molar-refractivity contribution in [3.63, 3.8) is 0 Å². The second kappa shape index (κ2) is 8.19. The maximum atomic E-state index is 13.0. The third-order valence-electron chi connectivity index (χ3n) is 4.55. The van der Waals surface area contributed by atoms with Gasteiger partial charge in [-0.15, -0.1) is 0 Å². The number of nitriles is 1. The molecule has 0 spiro atoms. The number of carbonyl (C=O) groups is 1. The lowest BCUT2D eigenvalue weighted by Crippen LogP contribution is -2.16. The first-order valence-corrected chi connectivity index (χ1v) is 9.07. The van der Waals surface area contributed by atoms with Gasteiger partial charge in [-0.3, -0.25) is 9.78 Å². The molecule has 0 fully saturated rings. The molecule has 0 aliphatic rings. The first kappa shape index (κ1) is 18.1. The minimum atomic E-state index is -0.273. The molecule has 0 bridgehead atoms. The van der Waals surface area contributed by atoms with Gasteiger partial charge < -0.3 is 10.6 Å². The molecule has 0 unspecified atom stereocenters. The van der Waals surface area contributed by atoms with Gasteiger partial charge in [0.15, 0.2) is 0 Å². The number of amides is 1. The standard InChI is InChI=1S/C23H17N5O/c24-14-17-7-8-21(19-5-2-1-4-18(17)19)28-23(29)20-6-3-11-26-22(20)27-15-16-9-12-25-13-10-16/h1-13H,15H2,(H,26,27)(H,28,29). The Bertz CT molecular complexity index is 1210. The van der Waals surface area contributed by atoms with Crippen molar-refractivity contribution in [2.24, 2.45) is 0 Å². The lowest BCUT2D eigenvalue weighted by atomic mass is 10.0. The van der Waals surface area contributed by atoms with Gasteiger partial charge in [0.25, 0.3) is 5.91 Å². The molecule has 1 amide bonds. The fraction of sp³-hybridized carbons (Fsp3) is 0.0435. The molecule has 0 aliphatic heterocycles. The van der Waals surface area contributed by atoms with Gasteiger partial charge in [-0.2, -0.15) is 5.26 Å². The summed E-state index contributed by atoms with van der Waals surface area (Å²) >= 11 is 0. The molecule has 0 saturated heterocycles. The molecule has 0 atom stereocenters. The first-order valence-electron chi connectivity index (χ1n) is 9.07. The topological polar surface area (TPSA) is 90.7 Å². The summed E-state index contributed by atoms with van der Waals surface area (Å²) in [5.74, 6) is 0.227. The predicted molar refractivity (Wildman–Crippen MR) is 112 cm³/mol. The average molecular weight is 379 g/mol. The molecule has 2 aromatic heterocycles. The quantitative estimate of drug-likeness (QED) is 0.537. The van der Waals surface area contributed by atoms with E-state index in [1.165, 1.54) is 0 Å². The molecule has 140 valence electrons. The predicted octanol–water partition coefficient (Wildman–Crippen LogP) is 4.37. The summed E-state index contributed by atoms with van der Waals surface area (Å²) in [7, 11) is 0. The Morgan fingerprint density at radius 1 is 0.931 bits per heavy atom. The Kier molecular flexibility index (Phi) is 5.12. The molecule has 0 radical (unpaired) electrons. The number of aromatic nitrogens is 2. The van der Waals surface area contributed by atoms with Crippen molar-refractivity contribution >= 4 is 28.2 Å². The van der Waals surface area contributed by atoms with E-state index < -0.39 is 0 Å². The fourth-order valence-electron chi connectivity index (χ4n) is 3.11. The fourth-order valence-corrected chi connectivity index (χ4v) is 3.11. The third-order valence-corrected chi connectivity index (χ3v) is 4.55. The maximum Gasteiger partial charge on any atom is 0.259 e. The Labute approximate surface area is 167 Å². The van der Waals surface area contributed by atoms with Crippen LogP contribution >= 0.6 is 0 Å². The van der Waals surface area contributed by atoms with Crippen LogP contribution in [0, 0.1) is 11.3 Å². The van der Waals surface area contributed by atoms with Gasteiger partial charge >= 0.3 is 0 Å². The molecular formula is C23H17N5O. The van der Waals surface area contributed by atoms with E-state index in [1.807, 2.05) is 36.4 Å². The number of hydrogen-bond acceptors (Lipinski definition) is 5. The molecule has 6 heteroatoms. The van der Waals surface area contributed by atoms with Crippen molar-refractivity contribution in [3.05, 3.63) is 95.9 Å². The van der Waals surface area contributed by atoms with Crippen LogP contribution in [-0.2, 0) is 6.54 Å². The highest BCUT2D eigenvalue weighted by Crippen LogP contribution is 2.27. The summed E-state index contributed by atoms with van der Waals surface area (Å²) in [6, 6.07) is 20.4. The van der Waals surface area contributed by atoms with Crippen LogP contribution in [0.1, 0.15) is 21.5 Å². The Morgan fingerprint density at radius 2 is 1.72 bits per heavy atom. The van der Waals surface area contributed by atoms with Crippen molar-refractivity contribution in [2.45, 2.75) is 6.54 Å². The molecule has 4 aromatic rings. The van der Waals surface area contributed by atoms with Crippen LogP contribution in [0.2, 0.25) is 0 Å². The van der Waals surface area contributed by atoms with Gasteiger partial charge in [-0.05, 0) is 42.0 Å². The number of nitrogens with one attached hydrogen (secondary N) is 2. The van der Waals surface area contributed by atoms with Gasteiger partial charge in [0.1, 0.15) is 5.82 Å². The molecule has 2 aromatic carbocycles. The van der Waals surface area contributed by atoms with Crippen LogP contribution in [0.25, 0.3) is 10.8 Å². The van der Waals surface area contributed by atoms with Crippen LogP contribution in [0.3, 0.4) is 0 Å². The van der Waals surface area contributed by atoms with E-state index >= 15 is 0 Å². The number of benzene rings is 2. The van der Waals surface area contributed by atoms with E-state index in [1.54, 1.807) is 42.9 Å². The molecule has 2 heterocycles. The van der Waals surface area contributed by atoms with E-state index in [0.717, 1.165) is 16.3 Å². The van der Waals surface area contributed by atoms with Crippen molar-refractivity contribution in [3.8, 4) is 6.07 Å². The third kappa shape index (κ3) is 3.89. The zero-order valence-corrected chi connectivity index (χ0v) is 15.5. The van der Waals surface area contributed by atoms with E-state index in [2.05, 4.69) is 26.7 Å². The highest BCUT2D eigenvalue weighted by Gasteiger charge is 2.14. The van der Waals surface area contributed by atoms with Gasteiger partial charge in [0.05, 0.1) is 17.2 Å². The monoisotopic (exact) mass is 379 g/mol. The number of anilines is 2. The summed E-state index contributed by atoms with van der Waals surface area (Å²) < 4.78 is 0. The molecule has 2 N–H and O–H groups in total. The minimum absolute atomic E-state index is 0.273. The van der Waals surface area contributed by atoms with Crippen LogP contribution in [-0.4, -0.2) is 15.9 Å². The first-order chi connectivity index (χ1) is 14.3. The molecule has 6 nitrogen and oxygen atoms in total. The molecule has 4 rings (SSSR count). The van der Waals surface area contributed by atoms with Crippen LogP contribution in [0.4, 0.5) is 11.5 Å². The Balaban J connectivity index is 1.60. The number of rotatable bonds is 5. The average Bonchev–Trinajstić information content (AvgIpc) is 2.79. The van der Waals surface area contributed by atoms with Gasteiger partial charge in [-0.1, -0.05) is 24.3 Å². The SMILES string of the molecule is N#Cc1ccc(NC(=O)c2cccnc2NCc2ccncc2)c2ccccc12. The molecule has 29 heavy (non-hydrogen) atoms. The van der Waals surface area contributed by atoms with Crippen LogP contribution in [0.15, 0.2) is 79.3 Å².